The van der Waals surface area contributed by atoms with Gasteiger partial charge in [0.1, 0.15) is 0 Å². The molecular weight excluding hydrogens is 467 g/mol. The third-order valence-electron chi connectivity index (χ3n) is 0.545. The van der Waals surface area contributed by atoms with E-state index in [2.05, 4.69) is 62.4 Å². The number of halogens is 5. The van der Waals surface area contributed by atoms with Crippen LogP contribution in [0.25, 0.3) is 0 Å². The van der Waals surface area contributed by atoms with E-state index in [4.69, 9.17) is 0 Å². The van der Waals surface area contributed by atoms with Crippen LogP contribution in [-0.2, 0) is 0 Å². The summed E-state index contributed by atoms with van der Waals surface area (Å²) in [5, 5.41) is 1.08. The first-order valence-corrected chi connectivity index (χ1v) is 11.2. The summed E-state index contributed by atoms with van der Waals surface area (Å²) in [6, 6.07) is 0. The highest BCUT2D eigenvalue weighted by Gasteiger charge is 2.27. The van der Waals surface area contributed by atoms with Gasteiger partial charge < -0.3 is 17.0 Å². The molecule has 0 N–H and O–H groups in total. The van der Waals surface area contributed by atoms with E-state index in [1.165, 1.54) is 12.6 Å². The lowest BCUT2D eigenvalue weighted by Gasteiger charge is -1.97. The van der Waals surface area contributed by atoms with Crippen LogP contribution in [0.1, 0.15) is 6.42 Å². The van der Waals surface area contributed by atoms with Crippen molar-refractivity contribution < 1.29 is 17.0 Å². The van der Waals surface area contributed by atoms with Crippen LogP contribution in [0.5, 0.6) is 0 Å². The van der Waals surface area contributed by atoms with E-state index in [-0.39, 0.29) is 17.0 Å². The molecule has 0 saturated heterocycles. The minimum absolute atomic E-state index is 0. The van der Waals surface area contributed by atoms with E-state index < -0.39 is 3.37 Å². The van der Waals surface area contributed by atoms with Crippen molar-refractivity contribution in [3.8, 4) is 0 Å². The molecule has 0 bridgehead atoms. The molecule has 0 aromatic carbocycles. The maximum absolute atomic E-state index is 3.50. The van der Waals surface area contributed by atoms with Crippen molar-refractivity contribution >= 4 is 65.8 Å². The number of hydrogen-bond donors (Lipinski definition) is 0. The predicted octanol–water partition coefficient (Wildman–Crippen LogP) is 1.72. The molecular formula is C3H6Br5P. The van der Waals surface area contributed by atoms with Crippen molar-refractivity contribution in [3.05, 3.63) is 0 Å². The van der Waals surface area contributed by atoms with Crippen LogP contribution in [0.3, 0.4) is 0 Å². The molecule has 0 radical (unpaired) electrons. The van der Waals surface area contributed by atoms with E-state index in [1.54, 1.807) is 0 Å². The molecule has 58 valence electrons. The van der Waals surface area contributed by atoms with Gasteiger partial charge >= 0.3 is 0 Å². The fourth-order valence-electron chi connectivity index (χ4n) is 0.239. The standard InChI is InChI=1S/C3H6Br4P.BrH/c4-2-1-3-8(5,6)7;/h1-3H2;1H/q+1;/p-1. The van der Waals surface area contributed by atoms with Crippen LogP contribution in [-0.4, -0.2) is 11.5 Å². The molecule has 9 heavy (non-hydrogen) atoms. The molecule has 0 aromatic heterocycles. The summed E-state index contributed by atoms with van der Waals surface area (Å²) in [5.41, 5.74) is 0. The summed E-state index contributed by atoms with van der Waals surface area (Å²) in [7, 11) is 0. The number of alkyl halides is 1. The Morgan fingerprint density at radius 1 is 1.11 bits per heavy atom. The highest BCUT2D eigenvalue weighted by molar-refractivity contribution is 9.96. The molecule has 0 aromatic rings. The summed E-state index contributed by atoms with van der Waals surface area (Å²) in [5.74, 6) is 0. The molecule has 0 rings (SSSR count). The summed E-state index contributed by atoms with van der Waals surface area (Å²) in [4.78, 5) is 0. The zero-order valence-corrected chi connectivity index (χ0v) is 13.3. The van der Waals surface area contributed by atoms with Crippen molar-refractivity contribution in [2.45, 2.75) is 6.42 Å². The SMILES string of the molecule is BrCCC[P+](Br)(Br)Br.[Br-]. The van der Waals surface area contributed by atoms with E-state index in [1.807, 2.05) is 0 Å². The molecule has 0 saturated carbocycles. The second kappa shape index (κ2) is 7.48. The molecule has 0 heterocycles. The fraction of sp³-hybridized carbons (Fsp3) is 1.00. The van der Waals surface area contributed by atoms with Gasteiger partial charge in [0.2, 0.25) is 3.37 Å². The topological polar surface area (TPSA) is 0 Å². The normalized spacial score (nSPS) is 10.7. The molecule has 0 aliphatic rings. The summed E-state index contributed by atoms with van der Waals surface area (Å²) in [6.45, 7) is 0. The van der Waals surface area contributed by atoms with Crippen LogP contribution in [0.2, 0.25) is 0 Å². The second-order valence-electron chi connectivity index (χ2n) is 1.32. The van der Waals surface area contributed by atoms with Gasteiger partial charge in [-0.3, -0.25) is 0 Å². The highest BCUT2D eigenvalue weighted by Crippen LogP contribution is 2.80. The van der Waals surface area contributed by atoms with Gasteiger partial charge in [-0.25, -0.2) is 0 Å². The summed E-state index contributed by atoms with van der Waals surface area (Å²) in [6.07, 6.45) is 2.38. The molecule has 0 amide bonds. The third-order valence-corrected chi connectivity index (χ3v) is 5.12. The van der Waals surface area contributed by atoms with Crippen LogP contribution >= 0.6 is 65.8 Å². The molecule has 0 aliphatic carbocycles. The zero-order chi connectivity index (χ0) is 6.62. The van der Waals surface area contributed by atoms with Gasteiger partial charge in [0.05, 0.1) is 6.16 Å². The van der Waals surface area contributed by atoms with Gasteiger partial charge in [-0.2, -0.15) is 0 Å². The van der Waals surface area contributed by atoms with Crippen molar-refractivity contribution in [2.75, 3.05) is 11.5 Å². The number of rotatable bonds is 3. The first kappa shape index (κ1) is 14.4. The van der Waals surface area contributed by atoms with Gasteiger partial charge in [0, 0.05) is 5.33 Å². The van der Waals surface area contributed by atoms with Crippen LogP contribution in [0.4, 0.5) is 0 Å². The molecule has 0 spiro atoms. The first-order chi connectivity index (χ1) is 3.56. The van der Waals surface area contributed by atoms with Gasteiger partial charge in [0.25, 0.3) is 0 Å². The largest absolute Gasteiger partial charge is 1.00 e. The lowest BCUT2D eigenvalue weighted by atomic mass is 10.6. The molecule has 0 atom stereocenters. The highest BCUT2D eigenvalue weighted by atomic mass is 80.0. The van der Waals surface area contributed by atoms with Crippen LogP contribution in [0, 0.1) is 0 Å². The second-order valence-corrected chi connectivity index (χ2v) is 23.1. The maximum Gasteiger partial charge on any atom is 0.221 e. The van der Waals surface area contributed by atoms with Crippen molar-refractivity contribution in [3.63, 3.8) is 0 Å². The Morgan fingerprint density at radius 2 is 1.56 bits per heavy atom. The Balaban J connectivity index is 0. The monoisotopic (exact) mass is 468 g/mol. The van der Waals surface area contributed by atoms with Gasteiger partial charge in [-0.1, -0.05) is 15.9 Å². The minimum atomic E-state index is -1.02. The average Bonchev–Trinajstić information content (AvgIpc) is 1.59. The lowest BCUT2D eigenvalue weighted by Crippen LogP contribution is -3.00. The summed E-state index contributed by atoms with van der Waals surface area (Å²) >= 11 is 13.9. The molecule has 0 unspecified atom stereocenters. The quantitative estimate of drug-likeness (QED) is 0.434. The van der Waals surface area contributed by atoms with E-state index in [9.17, 15) is 0 Å². The van der Waals surface area contributed by atoms with Gasteiger partial charge in [-0.05, 0) is 6.42 Å². The fourth-order valence-corrected chi connectivity index (χ4v) is 3.73. The Hall–Kier alpha value is 2.83. The van der Waals surface area contributed by atoms with Gasteiger partial charge in [-0.15, -0.1) is 0 Å². The third kappa shape index (κ3) is 13.8. The van der Waals surface area contributed by atoms with Crippen LogP contribution in [0.15, 0.2) is 0 Å². The molecule has 0 nitrogen and oxygen atoms in total. The predicted molar refractivity (Wildman–Crippen MR) is 57.0 cm³/mol. The van der Waals surface area contributed by atoms with Gasteiger partial charge in [0.15, 0.2) is 46.5 Å². The summed E-state index contributed by atoms with van der Waals surface area (Å²) < 4.78 is -1.02. The smallest absolute Gasteiger partial charge is 0.221 e. The number of hydrogen-bond acceptors (Lipinski definition) is 0. The van der Waals surface area contributed by atoms with E-state index >= 15 is 0 Å². The molecule has 0 fully saturated rings. The Bertz CT molecular complexity index is 59.7. The van der Waals surface area contributed by atoms with Crippen molar-refractivity contribution in [1.82, 2.24) is 0 Å². The minimum Gasteiger partial charge on any atom is -1.00 e. The average molecular weight is 473 g/mol. The van der Waals surface area contributed by atoms with Crippen molar-refractivity contribution in [2.24, 2.45) is 0 Å². The van der Waals surface area contributed by atoms with E-state index in [0.29, 0.717) is 0 Å². The Kier molecular flexibility index (Phi) is 11.9. The maximum atomic E-state index is 3.50. The first-order valence-electron chi connectivity index (χ1n) is 2.09. The lowest BCUT2D eigenvalue weighted by molar-refractivity contribution is -0.00000118. The van der Waals surface area contributed by atoms with Crippen molar-refractivity contribution in [1.29, 1.82) is 0 Å². The molecule has 0 aliphatic heterocycles. The molecule has 6 heteroatoms. The van der Waals surface area contributed by atoms with E-state index in [0.717, 1.165) is 5.33 Å². The van der Waals surface area contributed by atoms with Crippen LogP contribution < -0.4 is 17.0 Å². The Labute approximate surface area is 99.4 Å². The Morgan fingerprint density at radius 3 is 1.67 bits per heavy atom. The zero-order valence-electron chi connectivity index (χ0n) is 4.46.